The molecule has 4 rings (SSSR count). The number of nitrogens with one attached hydrogen (secondary N) is 1. The van der Waals surface area contributed by atoms with E-state index in [1.807, 2.05) is 48.8 Å². The molecule has 0 unspecified atom stereocenters. The third-order valence-corrected chi connectivity index (χ3v) is 5.23. The van der Waals surface area contributed by atoms with Crippen LogP contribution in [0.2, 0.25) is 0 Å². The minimum absolute atomic E-state index is 0.0104. The molecule has 6 heteroatoms. The summed E-state index contributed by atoms with van der Waals surface area (Å²) < 4.78 is 2.14. The van der Waals surface area contributed by atoms with Crippen LogP contribution < -0.4 is 5.32 Å². The Morgan fingerprint density at radius 2 is 1.85 bits per heavy atom. The normalized spacial score (nSPS) is 19.5. The van der Waals surface area contributed by atoms with E-state index in [9.17, 15) is 5.11 Å². The van der Waals surface area contributed by atoms with E-state index in [4.69, 9.17) is 12.2 Å². The summed E-state index contributed by atoms with van der Waals surface area (Å²) in [6.45, 7) is 4.30. The number of pyridine rings is 1. The molecule has 2 N–H and O–H groups in total. The number of hydrogen-bond acceptors (Lipinski definition) is 3. The first-order valence-electron chi connectivity index (χ1n) is 9.02. The lowest BCUT2D eigenvalue weighted by molar-refractivity contribution is 0.262. The highest BCUT2D eigenvalue weighted by atomic mass is 32.1. The largest absolute Gasteiger partial charge is 0.508 e. The maximum atomic E-state index is 9.62. The predicted molar refractivity (Wildman–Crippen MR) is 110 cm³/mol. The van der Waals surface area contributed by atoms with Crippen molar-refractivity contribution < 1.29 is 5.11 Å². The maximum Gasteiger partial charge on any atom is 0.170 e. The standard InChI is InChI=1S/C21H22N4OS/c1-14(2)25-20(19(23-21(25)27)17-6-3-4-12-22-17)18-7-5-13-24(18)15-8-10-16(26)11-9-15/h3-14,19-20,26H,1-2H3,(H,23,27)/t19-,20+/m0/s1. The average Bonchev–Trinajstić information content (AvgIpc) is 3.27. The van der Waals surface area contributed by atoms with Crippen LogP contribution in [0.1, 0.15) is 37.3 Å². The van der Waals surface area contributed by atoms with Gasteiger partial charge in [0.1, 0.15) is 5.75 Å². The first kappa shape index (κ1) is 17.5. The molecule has 5 nitrogen and oxygen atoms in total. The molecule has 3 heterocycles. The van der Waals surface area contributed by atoms with Crippen LogP contribution in [0.5, 0.6) is 5.75 Å². The molecule has 0 spiro atoms. The molecule has 1 saturated heterocycles. The molecule has 1 aliphatic heterocycles. The van der Waals surface area contributed by atoms with Gasteiger partial charge in [-0.05, 0) is 74.6 Å². The van der Waals surface area contributed by atoms with Crippen LogP contribution in [-0.4, -0.2) is 30.7 Å². The summed E-state index contributed by atoms with van der Waals surface area (Å²) in [5.74, 6) is 0.256. The number of rotatable bonds is 4. The van der Waals surface area contributed by atoms with E-state index < -0.39 is 0 Å². The summed E-state index contributed by atoms with van der Waals surface area (Å²) in [6.07, 6.45) is 3.85. The fourth-order valence-corrected chi connectivity index (χ4v) is 4.17. The number of nitrogens with zero attached hydrogens (tertiary/aromatic N) is 3. The van der Waals surface area contributed by atoms with E-state index in [1.54, 1.807) is 12.1 Å². The predicted octanol–water partition coefficient (Wildman–Crippen LogP) is 3.96. The number of aromatic nitrogens is 2. The van der Waals surface area contributed by atoms with Crippen LogP contribution in [0.15, 0.2) is 67.0 Å². The summed E-state index contributed by atoms with van der Waals surface area (Å²) in [7, 11) is 0. The number of thiocarbonyl (C=S) groups is 1. The number of phenols is 1. The highest BCUT2D eigenvalue weighted by molar-refractivity contribution is 7.80. The van der Waals surface area contributed by atoms with Gasteiger partial charge >= 0.3 is 0 Å². The second-order valence-electron chi connectivity index (χ2n) is 6.95. The first-order valence-corrected chi connectivity index (χ1v) is 9.43. The van der Waals surface area contributed by atoms with Gasteiger partial charge in [0.05, 0.1) is 17.8 Å². The number of phenolic OH excluding ortho intramolecular Hbond substituents is 1. The number of hydrogen-bond donors (Lipinski definition) is 2. The zero-order valence-corrected chi connectivity index (χ0v) is 16.1. The molecule has 1 aromatic carbocycles. The fourth-order valence-electron chi connectivity index (χ4n) is 3.72. The third kappa shape index (κ3) is 3.17. The SMILES string of the molecule is CC(C)N1C(=S)N[C@@H](c2ccccn2)[C@H]1c1cccn1-c1ccc(O)cc1. The molecule has 0 saturated carbocycles. The molecule has 0 aliphatic carbocycles. The van der Waals surface area contributed by atoms with Crippen LogP contribution >= 0.6 is 12.2 Å². The van der Waals surface area contributed by atoms with Crippen molar-refractivity contribution in [3.63, 3.8) is 0 Å². The second-order valence-corrected chi connectivity index (χ2v) is 7.33. The summed E-state index contributed by atoms with van der Waals surface area (Å²) >= 11 is 5.67. The summed E-state index contributed by atoms with van der Waals surface area (Å²) in [4.78, 5) is 6.81. The Bertz CT molecular complexity index is 936. The number of benzene rings is 1. The summed E-state index contributed by atoms with van der Waals surface area (Å²) in [5.41, 5.74) is 3.08. The van der Waals surface area contributed by atoms with E-state index in [0.717, 1.165) is 22.2 Å². The van der Waals surface area contributed by atoms with Crippen LogP contribution in [-0.2, 0) is 0 Å². The fraction of sp³-hybridized carbons (Fsp3) is 0.238. The summed E-state index contributed by atoms with van der Waals surface area (Å²) in [6, 6.07) is 17.6. The zero-order chi connectivity index (χ0) is 19.0. The van der Waals surface area contributed by atoms with Gasteiger partial charge in [-0.3, -0.25) is 4.98 Å². The van der Waals surface area contributed by atoms with Gasteiger partial charge in [0.15, 0.2) is 5.11 Å². The van der Waals surface area contributed by atoms with Gasteiger partial charge in [0, 0.05) is 29.8 Å². The van der Waals surface area contributed by atoms with Crippen molar-refractivity contribution in [1.82, 2.24) is 19.8 Å². The van der Waals surface area contributed by atoms with E-state index in [1.165, 1.54) is 0 Å². The summed E-state index contributed by atoms with van der Waals surface area (Å²) in [5, 5.41) is 13.8. The highest BCUT2D eigenvalue weighted by Crippen LogP contribution is 2.40. The van der Waals surface area contributed by atoms with Crippen LogP contribution in [0.4, 0.5) is 0 Å². The van der Waals surface area contributed by atoms with E-state index in [2.05, 4.69) is 39.7 Å². The van der Waals surface area contributed by atoms with Crippen molar-refractivity contribution in [1.29, 1.82) is 0 Å². The van der Waals surface area contributed by atoms with Crippen LogP contribution in [0.25, 0.3) is 5.69 Å². The van der Waals surface area contributed by atoms with Crippen molar-refractivity contribution in [2.45, 2.75) is 32.0 Å². The van der Waals surface area contributed by atoms with Gasteiger partial charge in [-0.25, -0.2) is 0 Å². The average molecular weight is 379 g/mol. The Labute approximate surface area is 164 Å². The molecule has 2 atom stereocenters. The van der Waals surface area contributed by atoms with Gasteiger partial charge in [0.2, 0.25) is 0 Å². The Morgan fingerprint density at radius 1 is 1.07 bits per heavy atom. The molecular weight excluding hydrogens is 356 g/mol. The first-order chi connectivity index (χ1) is 13.1. The molecule has 2 aromatic heterocycles. The second kappa shape index (κ2) is 7.04. The van der Waals surface area contributed by atoms with Gasteiger partial charge in [-0.15, -0.1) is 0 Å². The minimum Gasteiger partial charge on any atom is -0.508 e. The lowest BCUT2D eigenvalue weighted by Gasteiger charge is -2.31. The van der Waals surface area contributed by atoms with Crippen LogP contribution in [0.3, 0.4) is 0 Å². The lowest BCUT2D eigenvalue weighted by atomic mass is 10.0. The molecule has 1 fully saturated rings. The third-order valence-electron chi connectivity index (χ3n) is 4.90. The van der Waals surface area contributed by atoms with Crippen molar-refractivity contribution in [3.8, 4) is 11.4 Å². The van der Waals surface area contributed by atoms with Crippen LogP contribution in [0, 0.1) is 0 Å². The minimum atomic E-state index is -0.0353. The van der Waals surface area contributed by atoms with Crippen molar-refractivity contribution in [2.75, 3.05) is 0 Å². The Balaban J connectivity index is 1.82. The molecular formula is C21H22N4OS. The smallest absolute Gasteiger partial charge is 0.170 e. The van der Waals surface area contributed by atoms with Crippen molar-refractivity contribution >= 4 is 17.3 Å². The highest BCUT2D eigenvalue weighted by Gasteiger charge is 2.42. The Hall–Kier alpha value is -2.86. The molecule has 27 heavy (non-hydrogen) atoms. The molecule has 0 radical (unpaired) electrons. The maximum absolute atomic E-state index is 9.62. The van der Waals surface area contributed by atoms with Gasteiger partial charge in [-0.1, -0.05) is 6.07 Å². The lowest BCUT2D eigenvalue weighted by Crippen LogP contribution is -2.36. The Morgan fingerprint density at radius 3 is 2.52 bits per heavy atom. The van der Waals surface area contributed by atoms with Gasteiger partial charge < -0.3 is 19.9 Å². The molecule has 0 amide bonds. The monoisotopic (exact) mass is 378 g/mol. The zero-order valence-electron chi connectivity index (χ0n) is 15.3. The van der Waals surface area contributed by atoms with E-state index in [0.29, 0.717) is 0 Å². The van der Waals surface area contributed by atoms with Gasteiger partial charge in [0.25, 0.3) is 0 Å². The number of aromatic hydroxyl groups is 1. The molecule has 1 aliphatic rings. The van der Waals surface area contributed by atoms with E-state index >= 15 is 0 Å². The molecule has 3 aromatic rings. The van der Waals surface area contributed by atoms with E-state index in [-0.39, 0.29) is 23.9 Å². The quantitative estimate of drug-likeness (QED) is 0.673. The topological polar surface area (TPSA) is 53.3 Å². The molecule has 138 valence electrons. The molecule has 0 bridgehead atoms. The van der Waals surface area contributed by atoms with Crippen molar-refractivity contribution in [3.05, 3.63) is 78.4 Å². The Kier molecular flexibility index (Phi) is 4.58. The van der Waals surface area contributed by atoms with Gasteiger partial charge in [-0.2, -0.15) is 0 Å². The van der Waals surface area contributed by atoms with Crippen molar-refractivity contribution in [2.24, 2.45) is 0 Å².